The lowest BCUT2D eigenvalue weighted by Crippen LogP contribution is -2.00. The number of aromatic nitrogens is 3. The standard InChI is InChI=1S/C22H18BrFN6/c1-13-8-16(3-2-15(13)9-14-6-7-26-19(10-14)27-11-25)30-22-20-18(28-12-29-22)5-4-17(23)21(20)24/h2-8,10-12H,9H2,1H3,(H2,25,26,27)(H,28,29,30). The van der Waals surface area contributed by atoms with Crippen molar-refractivity contribution in [3.8, 4) is 0 Å². The summed E-state index contributed by atoms with van der Waals surface area (Å²) in [5.74, 6) is 0.608. The van der Waals surface area contributed by atoms with E-state index >= 15 is 0 Å². The van der Waals surface area contributed by atoms with E-state index in [1.807, 2.05) is 37.3 Å². The number of nitrogens with one attached hydrogen (secondary N) is 1. The Kier molecular flexibility index (Phi) is 5.67. The first-order valence-corrected chi connectivity index (χ1v) is 9.99. The van der Waals surface area contributed by atoms with Gasteiger partial charge in [0.2, 0.25) is 0 Å². The van der Waals surface area contributed by atoms with Gasteiger partial charge < -0.3 is 11.1 Å². The fourth-order valence-electron chi connectivity index (χ4n) is 3.23. The minimum atomic E-state index is -0.391. The number of aryl methyl sites for hydroxylation is 1. The third-order valence-electron chi connectivity index (χ3n) is 4.71. The number of nitrogens with two attached hydrogens (primary N) is 1. The van der Waals surface area contributed by atoms with Crippen LogP contribution in [0.15, 0.2) is 64.5 Å². The normalized spacial score (nSPS) is 11.3. The van der Waals surface area contributed by atoms with E-state index in [9.17, 15) is 4.39 Å². The van der Waals surface area contributed by atoms with Crippen molar-refractivity contribution in [3.05, 3.63) is 82.0 Å². The van der Waals surface area contributed by atoms with E-state index in [-0.39, 0.29) is 0 Å². The average Bonchev–Trinajstić information content (AvgIpc) is 2.73. The minimum Gasteiger partial charge on any atom is -0.390 e. The fraction of sp³-hybridized carbons (Fsp3) is 0.0909. The molecule has 2 heterocycles. The van der Waals surface area contributed by atoms with Crippen molar-refractivity contribution < 1.29 is 4.39 Å². The molecule has 0 radical (unpaired) electrons. The van der Waals surface area contributed by atoms with E-state index in [4.69, 9.17) is 5.73 Å². The van der Waals surface area contributed by atoms with Crippen LogP contribution in [0, 0.1) is 12.7 Å². The van der Waals surface area contributed by atoms with Crippen molar-refractivity contribution in [1.29, 1.82) is 0 Å². The van der Waals surface area contributed by atoms with Crippen molar-refractivity contribution >= 4 is 50.5 Å². The molecule has 2 aromatic heterocycles. The molecule has 0 amide bonds. The molecule has 0 saturated heterocycles. The maximum Gasteiger partial charge on any atom is 0.153 e. The zero-order chi connectivity index (χ0) is 21.1. The SMILES string of the molecule is Cc1cc(Nc2ncnc3ccc(Br)c(F)c23)ccc1Cc1ccnc(N=CN)c1. The molecule has 4 aromatic rings. The van der Waals surface area contributed by atoms with Crippen LogP contribution in [0.2, 0.25) is 0 Å². The van der Waals surface area contributed by atoms with Crippen LogP contribution in [-0.4, -0.2) is 21.3 Å². The largest absolute Gasteiger partial charge is 0.390 e. The Morgan fingerprint density at radius 1 is 1.13 bits per heavy atom. The molecular weight excluding hydrogens is 447 g/mol. The first-order valence-electron chi connectivity index (χ1n) is 9.19. The number of rotatable bonds is 5. The first kappa shape index (κ1) is 19.9. The van der Waals surface area contributed by atoms with Crippen LogP contribution >= 0.6 is 15.9 Å². The van der Waals surface area contributed by atoms with E-state index in [2.05, 4.69) is 41.2 Å². The number of fused-ring (bicyclic) bond motifs is 1. The van der Waals surface area contributed by atoms with Crippen LogP contribution in [-0.2, 0) is 6.42 Å². The number of anilines is 2. The Hall–Kier alpha value is -3.39. The highest BCUT2D eigenvalue weighted by molar-refractivity contribution is 9.10. The molecule has 2 aromatic carbocycles. The molecule has 4 rings (SSSR count). The molecular formula is C22H18BrFN6. The highest BCUT2D eigenvalue weighted by Crippen LogP contribution is 2.30. The van der Waals surface area contributed by atoms with Gasteiger partial charge in [-0.1, -0.05) is 6.07 Å². The van der Waals surface area contributed by atoms with E-state index < -0.39 is 5.82 Å². The topological polar surface area (TPSA) is 89.1 Å². The quantitative estimate of drug-likeness (QED) is 0.313. The Morgan fingerprint density at radius 3 is 2.80 bits per heavy atom. The van der Waals surface area contributed by atoms with Crippen LogP contribution in [0.4, 0.5) is 21.7 Å². The van der Waals surface area contributed by atoms with E-state index in [1.165, 1.54) is 12.7 Å². The van der Waals surface area contributed by atoms with E-state index in [1.54, 1.807) is 18.3 Å². The maximum absolute atomic E-state index is 14.6. The first-order chi connectivity index (χ1) is 14.5. The monoisotopic (exact) mass is 464 g/mol. The Labute approximate surface area is 181 Å². The van der Waals surface area contributed by atoms with Gasteiger partial charge in [-0.3, -0.25) is 0 Å². The van der Waals surface area contributed by atoms with Gasteiger partial charge in [-0.05, 0) is 82.4 Å². The highest BCUT2D eigenvalue weighted by atomic mass is 79.9. The summed E-state index contributed by atoms with van der Waals surface area (Å²) in [6.45, 7) is 2.04. The zero-order valence-electron chi connectivity index (χ0n) is 16.1. The highest BCUT2D eigenvalue weighted by Gasteiger charge is 2.13. The molecule has 0 atom stereocenters. The molecule has 0 fully saturated rings. The molecule has 30 heavy (non-hydrogen) atoms. The van der Waals surface area contributed by atoms with Gasteiger partial charge in [0.05, 0.1) is 21.7 Å². The number of hydrogen-bond acceptors (Lipinski definition) is 5. The number of halogens is 2. The summed E-state index contributed by atoms with van der Waals surface area (Å²) in [6, 6.07) is 13.3. The molecule has 0 aliphatic rings. The van der Waals surface area contributed by atoms with Crippen LogP contribution < -0.4 is 11.1 Å². The summed E-state index contributed by atoms with van der Waals surface area (Å²) in [7, 11) is 0. The lowest BCUT2D eigenvalue weighted by atomic mass is 10.0. The number of hydrogen-bond donors (Lipinski definition) is 2. The van der Waals surface area contributed by atoms with E-state index in [0.717, 1.165) is 28.8 Å². The number of nitrogens with zero attached hydrogens (tertiary/aromatic N) is 4. The molecule has 8 heteroatoms. The van der Waals surface area contributed by atoms with Crippen molar-refractivity contribution in [2.24, 2.45) is 10.7 Å². The van der Waals surface area contributed by atoms with Crippen LogP contribution in [0.25, 0.3) is 10.9 Å². The second-order valence-electron chi connectivity index (χ2n) is 6.72. The third-order valence-corrected chi connectivity index (χ3v) is 5.32. The summed E-state index contributed by atoms with van der Waals surface area (Å²) < 4.78 is 15.0. The van der Waals surface area contributed by atoms with Gasteiger partial charge in [-0.25, -0.2) is 24.3 Å². The smallest absolute Gasteiger partial charge is 0.153 e. The molecule has 150 valence electrons. The summed E-state index contributed by atoms with van der Waals surface area (Å²) in [5.41, 5.74) is 10.0. The lowest BCUT2D eigenvalue weighted by Gasteiger charge is -2.12. The molecule has 0 aliphatic carbocycles. The fourth-order valence-corrected chi connectivity index (χ4v) is 3.56. The number of benzene rings is 2. The molecule has 0 bridgehead atoms. The summed E-state index contributed by atoms with van der Waals surface area (Å²) in [4.78, 5) is 16.6. The Bertz CT molecular complexity index is 1260. The lowest BCUT2D eigenvalue weighted by molar-refractivity contribution is 0.633. The summed E-state index contributed by atoms with van der Waals surface area (Å²) in [6.07, 6.45) is 5.11. The van der Waals surface area contributed by atoms with Crippen molar-refractivity contribution in [2.45, 2.75) is 13.3 Å². The van der Waals surface area contributed by atoms with Gasteiger partial charge in [0, 0.05) is 11.9 Å². The maximum atomic E-state index is 14.6. The second kappa shape index (κ2) is 8.54. The molecule has 3 N–H and O–H groups in total. The Morgan fingerprint density at radius 2 is 2.00 bits per heavy atom. The predicted octanol–water partition coefficient (Wildman–Crippen LogP) is 5.19. The number of aliphatic imine (C=N–C) groups is 1. The summed E-state index contributed by atoms with van der Waals surface area (Å²) in [5, 5.41) is 3.56. The van der Waals surface area contributed by atoms with Gasteiger partial charge in [0.25, 0.3) is 0 Å². The van der Waals surface area contributed by atoms with Gasteiger partial charge in [0.1, 0.15) is 12.1 Å². The zero-order valence-corrected chi connectivity index (χ0v) is 17.7. The minimum absolute atomic E-state index is 0.346. The predicted molar refractivity (Wildman–Crippen MR) is 121 cm³/mol. The van der Waals surface area contributed by atoms with Crippen LogP contribution in [0.3, 0.4) is 0 Å². The van der Waals surface area contributed by atoms with E-state index in [0.29, 0.717) is 27.0 Å². The van der Waals surface area contributed by atoms with Crippen molar-refractivity contribution in [3.63, 3.8) is 0 Å². The average molecular weight is 465 g/mol. The Balaban J connectivity index is 1.61. The second-order valence-corrected chi connectivity index (χ2v) is 7.58. The molecule has 0 aliphatic heterocycles. The van der Waals surface area contributed by atoms with Gasteiger partial charge in [-0.15, -0.1) is 0 Å². The number of pyridine rings is 1. The molecule has 6 nitrogen and oxygen atoms in total. The van der Waals surface area contributed by atoms with Crippen LogP contribution in [0.1, 0.15) is 16.7 Å². The van der Waals surface area contributed by atoms with Crippen molar-refractivity contribution in [1.82, 2.24) is 15.0 Å². The molecule has 0 saturated carbocycles. The molecule has 0 unspecified atom stereocenters. The third kappa shape index (κ3) is 4.13. The van der Waals surface area contributed by atoms with Crippen molar-refractivity contribution in [2.75, 3.05) is 5.32 Å². The van der Waals surface area contributed by atoms with Gasteiger partial charge in [-0.2, -0.15) is 0 Å². The summed E-state index contributed by atoms with van der Waals surface area (Å²) >= 11 is 3.23. The van der Waals surface area contributed by atoms with Crippen LogP contribution in [0.5, 0.6) is 0 Å². The van der Waals surface area contributed by atoms with Gasteiger partial charge in [0.15, 0.2) is 11.6 Å². The molecule has 0 spiro atoms. The van der Waals surface area contributed by atoms with Gasteiger partial charge >= 0.3 is 0 Å².